The topological polar surface area (TPSA) is 32.3 Å². The lowest BCUT2D eigenvalue weighted by atomic mass is 9.76. The molecular weight excluding hydrogens is 198 g/mol. The van der Waals surface area contributed by atoms with Crippen LogP contribution in [0, 0.1) is 13.8 Å². The molecule has 0 aliphatic carbocycles. The number of rotatable bonds is 3. The van der Waals surface area contributed by atoms with E-state index in [9.17, 15) is 5.11 Å². The normalized spacial score (nSPS) is 24.9. The van der Waals surface area contributed by atoms with Gasteiger partial charge in [-0.1, -0.05) is 18.2 Å². The van der Waals surface area contributed by atoms with Gasteiger partial charge in [0.15, 0.2) is 0 Å². The van der Waals surface area contributed by atoms with Crippen LogP contribution in [0.3, 0.4) is 0 Å². The van der Waals surface area contributed by atoms with E-state index in [4.69, 9.17) is 0 Å². The first-order valence-electron chi connectivity index (χ1n) is 6.07. The van der Waals surface area contributed by atoms with Gasteiger partial charge >= 0.3 is 0 Å². The molecule has 1 saturated heterocycles. The minimum absolute atomic E-state index is 0.160. The zero-order chi connectivity index (χ0) is 11.6. The van der Waals surface area contributed by atoms with E-state index in [1.807, 2.05) is 0 Å². The third-order valence-corrected chi connectivity index (χ3v) is 3.95. The van der Waals surface area contributed by atoms with Gasteiger partial charge in [0.05, 0.1) is 0 Å². The maximum Gasteiger partial charge on any atom is 0.0440 e. The van der Waals surface area contributed by atoms with Crippen LogP contribution in [-0.2, 0) is 5.41 Å². The van der Waals surface area contributed by atoms with Gasteiger partial charge in [0.25, 0.3) is 0 Å². The van der Waals surface area contributed by atoms with E-state index in [0.717, 1.165) is 25.9 Å². The maximum atomic E-state index is 9.25. The molecule has 1 heterocycles. The molecule has 1 aliphatic rings. The van der Waals surface area contributed by atoms with E-state index in [2.05, 4.69) is 37.4 Å². The Morgan fingerprint density at radius 1 is 1.31 bits per heavy atom. The molecule has 2 N–H and O–H groups in total. The molecule has 1 unspecified atom stereocenters. The van der Waals surface area contributed by atoms with Gasteiger partial charge in [0, 0.05) is 18.6 Å². The first-order valence-corrected chi connectivity index (χ1v) is 6.07. The summed E-state index contributed by atoms with van der Waals surface area (Å²) < 4.78 is 0. The van der Waals surface area contributed by atoms with Crippen molar-refractivity contribution in [1.82, 2.24) is 5.32 Å². The first kappa shape index (κ1) is 11.6. The third kappa shape index (κ3) is 2.00. The van der Waals surface area contributed by atoms with Crippen molar-refractivity contribution in [2.45, 2.75) is 32.1 Å². The first-order chi connectivity index (χ1) is 7.68. The van der Waals surface area contributed by atoms with Crippen LogP contribution in [0.5, 0.6) is 0 Å². The van der Waals surface area contributed by atoms with Crippen LogP contribution in [0.15, 0.2) is 18.2 Å². The highest BCUT2D eigenvalue weighted by atomic mass is 16.3. The fraction of sp³-hybridized carbons (Fsp3) is 0.571. The van der Waals surface area contributed by atoms with E-state index in [1.54, 1.807) is 0 Å². The second-order valence-electron chi connectivity index (χ2n) is 4.98. The predicted molar refractivity (Wildman–Crippen MR) is 66.8 cm³/mol. The lowest BCUT2D eigenvalue weighted by Crippen LogP contribution is -2.30. The SMILES string of the molecule is Cc1ccc(C2(CCO)CCNC2)cc1C. The Hall–Kier alpha value is -0.860. The van der Waals surface area contributed by atoms with Gasteiger partial charge in [-0.2, -0.15) is 0 Å². The number of aliphatic hydroxyl groups excluding tert-OH is 1. The fourth-order valence-corrected chi connectivity index (χ4v) is 2.63. The molecule has 0 bridgehead atoms. The molecule has 16 heavy (non-hydrogen) atoms. The van der Waals surface area contributed by atoms with Crippen LogP contribution in [0.4, 0.5) is 0 Å². The summed E-state index contributed by atoms with van der Waals surface area (Å²) in [4.78, 5) is 0. The Labute approximate surface area is 97.7 Å². The Bertz CT molecular complexity index is 367. The zero-order valence-electron chi connectivity index (χ0n) is 10.2. The number of hydrogen-bond acceptors (Lipinski definition) is 2. The summed E-state index contributed by atoms with van der Waals surface area (Å²) in [5, 5.41) is 12.7. The Kier molecular flexibility index (Phi) is 3.31. The minimum atomic E-state index is 0.160. The van der Waals surface area contributed by atoms with Gasteiger partial charge in [-0.3, -0.25) is 0 Å². The van der Waals surface area contributed by atoms with Gasteiger partial charge in [-0.05, 0) is 49.9 Å². The summed E-state index contributed by atoms with van der Waals surface area (Å²) in [6, 6.07) is 6.71. The van der Waals surface area contributed by atoms with Crippen LogP contribution < -0.4 is 5.32 Å². The third-order valence-electron chi connectivity index (χ3n) is 3.95. The Balaban J connectivity index is 2.35. The summed E-state index contributed by atoms with van der Waals surface area (Å²) in [7, 11) is 0. The number of benzene rings is 1. The average molecular weight is 219 g/mol. The molecular formula is C14H21NO. The van der Waals surface area contributed by atoms with E-state index < -0.39 is 0 Å². The second-order valence-corrected chi connectivity index (χ2v) is 4.98. The van der Waals surface area contributed by atoms with Crippen molar-refractivity contribution >= 4 is 0 Å². The molecule has 0 spiro atoms. The Morgan fingerprint density at radius 3 is 2.69 bits per heavy atom. The van der Waals surface area contributed by atoms with Crippen molar-refractivity contribution < 1.29 is 5.11 Å². The number of aryl methyl sites for hydroxylation is 2. The monoisotopic (exact) mass is 219 g/mol. The number of hydrogen-bond donors (Lipinski definition) is 2. The molecule has 2 nitrogen and oxygen atoms in total. The van der Waals surface area contributed by atoms with Crippen LogP contribution in [-0.4, -0.2) is 24.8 Å². The quantitative estimate of drug-likeness (QED) is 0.814. The van der Waals surface area contributed by atoms with Gasteiger partial charge in [-0.25, -0.2) is 0 Å². The van der Waals surface area contributed by atoms with Crippen LogP contribution in [0.1, 0.15) is 29.5 Å². The molecule has 1 fully saturated rings. The smallest absolute Gasteiger partial charge is 0.0440 e. The Morgan fingerprint density at radius 2 is 2.12 bits per heavy atom. The minimum Gasteiger partial charge on any atom is -0.396 e. The molecule has 0 amide bonds. The molecule has 2 rings (SSSR count). The predicted octanol–water partition coefficient (Wildman–Crippen LogP) is 1.92. The lowest BCUT2D eigenvalue weighted by molar-refractivity contribution is 0.244. The summed E-state index contributed by atoms with van der Waals surface area (Å²) in [5.41, 5.74) is 4.23. The number of aliphatic hydroxyl groups is 1. The molecule has 0 radical (unpaired) electrons. The standard InChI is InChI=1S/C14H21NO/c1-11-3-4-13(9-12(11)2)14(6-8-16)5-7-15-10-14/h3-4,9,15-16H,5-8,10H2,1-2H3. The van der Waals surface area contributed by atoms with Crippen LogP contribution in [0.2, 0.25) is 0 Å². The molecule has 2 heteroatoms. The van der Waals surface area contributed by atoms with Crippen molar-refractivity contribution in [1.29, 1.82) is 0 Å². The van der Waals surface area contributed by atoms with E-state index in [1.165, 1.54) is 16.7 Å². The second kappa shape index (κ2) is 4.56. The van der Waals surface area contributed by atoms with Crippen LogP contribution >= 0.6 is 0 Å². The largest absolute Gasteiger partial charge is 0.396 e. The van der Waals surface area contributed by atoms with Gasteiger partial charge in [0.2, 0.25) is 0 Å². The molecule has 1 aromatic carbocycles. The molecule has 1 aliphatic heterocycles. The van der Waals surface area contributed by atoms with Crippen molar-refractivity contribution in [2.75, 3.05) is 19.7 Å². The fourth-order valence-electron chi connectivity index (χ4n) is 2.63. The number of nitrogens with one attached hydrogen (secondary N) is 1. The van der Waals surface area contributed by atoms with Crippen molar-refractivity contribution in [3.05, 3.63) is 34.9 Å². The highest BCUT2D eigenvalue weighted by molar-refractivity contribution is 5.35. The summed E-state index contributed by atoms with van der Waals surface area (Å²) in [6.45, 7) is 6.64. The van der Waals surface area contributed by atoms with E-state index >= 15 is 0 Å². The van der Waals surface area contributed by atoms with Gasteiger partial charge < -0.3 is 10.4 Å². The molecule has 1 atom stereocenters. The highest BCUT2D eigenvalue weighted by Crippen LogP contribution is 2.34. The summed E-state index contributed by atoms with van der Waals surface area (Å²) in [6.07, 6.45) is 2.00. The zero-order valence-corrected chi connectivity index (χ0v) is 10.2. The molecule has 1 aromatic rings. The molecule has 88 valence electrons. The summed E-state index contributed by atoms with van der Waals surface area (Å²) >= 11 is 0. The van der Waals surface area contributed by atoms with Crippen molar-refractivity contribution in [3.8, 4) is 0 Å². The maximum absolute atomic E-state index is 9.25. The van der Waals surface area contributed by atoms with Gasteiger partial charge in [0.1, 0.15) is 0 Å². The van der Waals surface area contributed by atoms with Crippen molar-refractivity contribution in [3.63, 3.8) is 0 Å². The average Bonchev–Trinajstić information content (AvgIpc) is 2.72. The van der Waals surface area contributed by atoms with Crippen molar-refractivity contribution in [2.24, 2.45) is 0 Å². The molecule has 0 saturated carbocycles. The summed E-state index contributed by atoms with van der Waals surface area (Å²) in [5.74, 6) is 0. The van der Waals surface area contributed by atoms with Gasteiger partial charge in [-0.15, -0.1) is 0 Å². The highest BCUT2D eigenvalue weighted by Gasteiger charge is 2.34. The lowest BCUT2D eigenvalue weighted by Gasteiger charge is -2.28. The van der Waals surface area contributed by atoms with E-state index in [0.29, 0.717) is 0 Å². The van der Waals surface area contributed by atoms with Crippen LogP contribution in [0.25, 0.3) is 0 Å². The molecule has 0 aromatic heterocycles. The van der Waals surface area contributed by atoms with E-state index in [-0.39, 0.29) is 12.0 Å².